The van der Waals surface area contributed by atoms with Crippen molar-refractivity contribution in [2.45, 2.75) is 24.1 Å². The molecule has 0 saturated carbocycles. The molecule has 7 nitrogen and oxygen atoms in total. The van der Waals surface area contributed by atoms with Gasteiger partial charge in [-0.2, -0.15) is 4.31 Å². The largest absolute Gasteiger partial charge is 0.486 e. The fraction of sp³-hybridized carbons (Fsp3) is 0.227. The van der Waals surface area contributed by atoms with E-state index in [4.69, 9.17) is 21.1 Å². The predicted molar refractivity (Wildman–Crippen MR) is 114 cm³/mol. The number of fused-ring (bicyclic) bond motifs is 2. The number of benzene rings is 2. The first-order valence-electron chi connectivity index (χ1n) is 9.73. The summed E-state index contributed by atoms with van der Waals surface area (Å²) in [7, 11) is -3.74. The Kier molecular flexibility index (Phi) is 5.10. The van der Waals surface area contributed by atoms with Gasteiger partial charge in [0.1, 0.15) is 19.3 Å². The smallest absolute Gasteiger partial charge is 0.243 e. The summed E-state index contributed by atoms with van der Waals surface area (Å²) in [5, 5.41) is 11.2. The molecule has 5 rings (SSSR count). The average molecular weight is 459 g/mol. The van der Waals surface area contributed by atoms with Crippen LogP contribution in [0.4, 0.5) is 0 Å². The maximum atomic E-state index is 13.2. The highest BCUT2D eigenvalue weighted by Crippen LogP contribution is 2.36. The van der Waals surface area contributed by atoms with Crippen LogP contribution in [0, 0.1) is 0 Å². The Morgan fingerprint density at radius 1 is 1.00 bits per heavy atom. The monoisotopic (exact) mass is 458 g/mol. The summed E-state index contributed by atoms with van der Waals surface area (Å²) in [6.45, 7) is 1.24. The molecule has 3 aromatic rings. The van der Waals surface area contributed by atoms with Crippen LogP contribution in [0.25, 0.3) is 0 Å². The van der Waals surface area contributed by atoms with Crippen molar-refractivity contribution < 1.29 is 23.0 Å². The van der Waals surface area contributed by atoms with Gasteiger partial charge in [-0.3, -0.25) is 4.98 Å². The minimum Gasteiger partial charge on any atom is -0.486 e. The maximum absolute atomic E-state index is 13.2. The topological polar surface area (TPSA) is 89.0 Å². The molecule has 0 amide bonds. The van der Waals surface area contributed by atoms with Crippen molar-refractivity contribution >= 4 is 21.6 Å². The van der Waals surface area contributed by atoms with Crippen LogP contribution in [-0.4, -0.2) is 36.0 Å². The van der Waals surface area contributed by atoms with Crippen molar-refractivity contribution in [2.75, 3.05) is 13.2 Å². The first-order valence-corrected chi connectivity index (χ1v) is 11.5. The number of hydrogen-bond donors (Lipinski definition) is 1. The fourth-order valence-electron chi connectivity index (χ4n) is 3.77. The van der Waals surface area contributed by atoms with Crippen molar-refractivity contribution in [1.82, 2.24) is 9.29 Å². The second-order valence-corrected chi connectivity index (χ2v) is 9.79. The van der Waals surface area contributed by atoms with Crippen LogP contribution in [0.1, 0.15) is 28.5 Å². The number of pyridine rings is 1. The molecule has 9 heteroatoms. The number of hydrogen-bond acceptors (Lipinski definition) is 6. The Labute approximate surface area is 184 Å². The van der Waals surface area contributed by atoms with Crippen LogP contribution in [0.15, 0.2) is 59.6 Å². The van der Waals surface area contributed by atoms with Crippen molar-refractivity contribution in [3.8, 4) is 11.5 Å². The van der Waals surface area contributed by atoms with E-state index in [2.05, 4.69) is 4.98 Å². The van der Waals surface area contributed by atoms with Crippen molar-refractivity contribution in [3.05, 3.63) is 82.1 Å². The Morgan fingerprint density at radius 2 is 1.77 bits per heavy atom. The lowest BCUT2D eigenvalue weighted by Gasteiger charge is -2.20. The Morgan fingerprint density at radius 3 is 2.58 bits per heavy atom. The highest BCUT2D eigenvalue weighted by molar-refractivity contribution is 7.89. The number of halogens is 1. The number of aromatic nitrogens is 1. The first kappa shape index (κ1) is 20.3. The van der Waals surface area contributed by atoms with Gasteiger partial charge in [-0.25, -0.2) is 8.42 Å². The normalized spacial score (nSPS) is 16.7. The molecule has 160 valence electrons. The van der Waals surface area contributed by atoms with E-state index in [9.17, 15) is 13.5 Å². The molecule has 1 atom stereocenters. The molecule has 0 fully saturated rings. The van der Waals surface area contributed by atoms with Gasteiger partial charge in [0.25, 0.3) is 0 Å². The standard InChI is InChI=1S/C22H19ClN2O5S/c23-17-3-1-2-14(8-17)22(26)19-9-15-12-25(13-16(15)11-24-19)31(27,28)18-4-5-20-21(10-18)30-7-6-29-20/h1-5,8-11,22,26H,6-7,12-13H2. The Hall–Kier alpha value is -2.65. The Balaban J connectivity index is 1.40. The number of aliphatic hydroxyl groups excluding tert-OH is 1. The summed E-state index contributed by atoms with van der Waals surface area (Å²) in [6.07, 6.45) is 0.671. The number of rotatable bonds is 4. The minimum atomic E-state index is -3.74. The molecular weight excluding hydrogens is 440 g/mol. The molecule has 1 aromatic heterocycles. The van der Waals surface area contributed by atoms with E-state index in [1.54, 1.807) is 42.6 Å². The molecule has 0 spiro atoms. The van der Waals surface area contributed by atoms with E-state index in [0.717, 1.165) is 11.1 Å². The van der Waals surface area contributed by atoms with Gasteiger partial charge >= 0.3 is 0 Å². The quantitative estimate of drug-likeness (QED) is 0.645. The molecular formula is C22H19ClN2O5S. The van der Waals surface area contributed by atoms with Crippen molar-refractivity contribution in [2.24, 2.45) is 0 Å². The summed E-state index contributed by atoms with van der Waals surface area (Å²) < 4.78 is 38.8. The molecule has 0 radical (unpaired) electrons. The van der Waals surface area contributed by atoms with Crippen LogP contribution in [0.2, 0.25) is 5.02 Å². The van der Waals surface area contributed by atoms with Crippen LogP contribution >= 0.6 is 11.6 Å². The second-order valence-electron chi connectivity index (χ2n) is 7.41. The lowest BCUT2D eigenvalue weighted by Crippen LogP contribution is -2.26. The third-order valence-corrected chi connectivity index (χ3v) is 7.42. The number of nitrogens with zero attached hydrogens (tertiary/aromatic N) is 2. The lowest BCUT2D eigenvalue weighted by atomic mass is 10.0. The van der Waals surface area contributed by atoms with Crippen molar-refractivity contribution in [1.29, 1.82) is 0 Å². The second kappa shape index (κ2) is 7.80. The fourth-order valence-corrected chi connectivity index (χ4v) is 5.38. The zero-order valence-electron chi connectivity index (χ0n) is 16.4. The van der Waals surface area contributed by atoms with E-state index in [1.807, 2.05) is 0 Å². The van der Waals surface area contributed by atoms with Crippen LogP contribution in [0.5, 0.6) is 11.5 Å². The molecule has 0 bridgehead atoms. The molecule has 1 unspecified atom stereocenters. The summed E-state index contributed by atoms with van der Waals surface area (Å²) in [4.78, 5) is 4.50. The van der Waals surface area contributed by atoms with Crippen LogP contribution in [-0.2, 0) is 23.1 Å². The van der Waals surface area contributed by atoms with Gasteiger partial charge in [0, 0.05) is 30.4 Å². The summed E-state index contributed by atoms with van der Waals surface area (Å²) in [5.41, 5.74) is 2.69. The van der Waals surface area contributed by atoms with E-state index in [-0.39, 0.29) is 18.0 Å². The van der Waals surface area contributed by atoms with Crippen LogP contribution < -0.4 is 9.47 Å². The molecule has 0 aliphatic carbocycles. The first-order chi connectivity index (χ1) is 14.9. The van der Waals surface area contributed by atoms with Gasteiger partial charge in [-0.15, -0.1) is 0 Å². The summed E-state index contributed by atoms with van der Waals surface area (Å²) in [6, 6.07) is 13.3. The maximum Gasteiger partial charge on any atom is 0.243 e. The highest BCUT2D eigenvalue weighted by Gasteiger charge is 2.32. The van der Waals surface area contributed by atoms with Gasteiger partial charge in [0.2, 0.25) is 10.0 Å². The van der Waals surface area contributed by atoms with Gasteiger partial charge in [-0.05, 0) is 47.0 Å². The third-order valence-electron chi connectivity index (χ3n) is 5.39. The summed E-state index contributed by atoms with van der Waals surface area (Å²) >= 11 is 6.02. The summed E-state index contributed by atoms with van der Waals surface area (Å²) in [5.74, 6) is 0.969. The van der Waals surface area contributed by atoms with Gasteiger partial charge in [0.15, 0.2) is 11.5 Å². The van der Waals surface area contributed by atoms with Crippen LogP contribution in [0.3, 0.4) is 0 Å². The van der Waals surface area contributed by atoms with E-state index in [0.29, 0.717) is 41.0 Å². The minimum absolute atomic E-state index is 0.150. The van der Waals surface area contributed by atoms with Gasteiger partial charge in [0.05, 0.1) is 10.6 Å². The number of sulfonamides is 1. The predicted octanol–water partition coefficient (Wildman–Crippen LogP) is 3.29. The zero-order valence-corrected chi connectivity index (χ0v) is 17.9. The zero-order chi connectivity index (χ0) is 21.6. The van der Waals surface area contributed by atoms with E-state index in [1.165, 1.54) is 16.4 Å². The van der Waals surface area contributed by atoms with Crippen molar-refractivity contribution in [3.63, 3.8) is 0 Å². The molecule has 2 aromatic carbocycles. The molecule has 2 aliphatic rings. The highest BCUT2D eigenvalue weighted by atomic mass is 35.5. The third kappa shape index (κ3) is 3.76. The van der Waals surface area contributed by atoms with Gasteiger partial charge < -0.3 is 14.6 Å². The SMILES string of the molecule is O=S(=O)(c1ccc2c(c1)OCCO2)N1Cc2cnc(C(O)c3cccc(Cl)c3)cc2C1. The number of ether oxygens (including phenoxy) is 2. The molecule has 2 aliphatic heterocycles. The van der Waals surface area contributed by atoms with Gasteiger partial charge in [-0.1, -0.05) is 23.7 Å². The Bertz CT molecular complexity index is 1260. The lowest BCUT2D eigenvalue weighted by molar-refractivity contribution is 0.171. The molecule has 3 heterocycles. The average Bonchev–Trinajstić information content (AvgIpc) is 3.22. The molecule has 31 heavy (non-hydrogen) atoms. The molecule has 0 saturated heterocycles. The molecule has 1 N–H and O–H groups in total. The van der Waals surface area contributed by atoms with E-state index < -0.39 is 16.1 Å². The van der Waals surface area contributed by atoms with E-state index >= 15 is 0 Å². The number of aliphatic hydroxyl groups is 1.